The Bertz CT molecular complexity index is 612. The van der Waals surface area contributed by atoms with Crippen molar-refractivity contribution < 1.29 is 14.4 Å². The second-order valence-electron chi connectivity index (χ2n) is 5.47. The fourth-order valence-corrected chi connectivity index (χ4v) is 2.87. The summed E-state index contributed by atoms with van der Waals surface area (Å²) in [5.41, 5.74) is -0.477. The summed E-state index contributed by atoms with van der Waals surface area (Å²) in [6, 6.07) is 5.49. The van der Waals surface area contributed by atoms with Crippen molar-refractivity contribution in [1.29, 1.82) is 0 Å². The van der Waals surface area contributed by atoms with E-state index in [0.717, 1.165) is 4.88 Å². The third-order valence-electron chi connectivity index (χ3n) is 3.78. The first-order valence-electron chi connectivity index (χ1n) is 6.52. The van der Waals surface area contributed by atoms with Crippen molar-refractivity contribution in [1.82, 2.24) is 10.1 Å². The van der Waals surface area contributed by atoms with Crippen LogP contribution < -0.4 is 0 Å². The van der Waals surface area contributed by atoms with Crippen LogP contribution >= 0.6 is 11.3 Å². The van der Waals surface area contributed by atoms with Gasteiger partial charge >= 0.3 is 0 Å². The van der Waals surface area contributed by atoms with Crippen molar-refractivity contribution in [2.24, 2.45) is 5.92 Å². The van der Waals surface area contributed by atoms with Gasteiger partial charge < -0.3 is 14.5 Å². The Morgan fingerprint density at radius 3 is 2.90 bits per heavy atom. The molecule has 0 aliphatic carbocycles. The predicted molar refractivity (Wildman–Crippen MR) is 75.5 cm³/mol. The number of carbonyl (C=O) groups is 1. The second kappa shape index (κ2) is 4.71. The maximum Gasteiger partial charge on any atom is 0.276 e. The third kappa shape index (κ3) is 2.14. The SMILES string of the molecule is CC(C)C1(O)CN(C(=O)c2cc(-c3cccs3)on2)C1. The Hall–Kier alpha value is -1.66. The lowest BCUT2D eigenvalue weighted by Gasteiger charge is -2.48. The summed E-state index contributed by atoms with van der Waals surface area (Å²) in [6.45, 7) is 4.61. The molecular formula is C14H16N2O3S. The van der Waals surface area contributed by atoms with Gasteiger partial charge in [0, 0.05) is 6.07 Å². The molecule has 5 nitrogen and oxygen atoms in total. The van der Waals surface area contributed by atoms with Crippen LogP contribution in [0.2, 0.25) is 0 Å². The van der Waals surface area contributed by atoms with Crippen LogP contribution in [0.1, 0.15) is 24.3 Å². The van der Waals surface area contributed by atoms with Crippen LogP contribution in [0.25, 0.3) is 10.6 Å². The quantitative estimate of drug-likeness (QED) is 0.942. The van der Waals surface area contributed by atoms with E-state index in [1.54, 1.807) is 11.0 Å². The third-order valence-corrected chi connectivity index (χ3v) is 4.67. The molecule has 3 rings (SSSR count). The number of likely N-dealkylation sites (tertiary alicyclic amines) is 1. The zero-order chi connectivity index (χ0) is 14.3. The Kier molecular flexibility index (Phi) is 3.14. The minimum atomic E-state index is -0.768. The smallest absolute Gasteiger partial charge is 0.276 e. The van der Waals surface area contributed by atoms with E-state index in [1.807, 2.05) is 31.4 Å². The predicted octanol–water partition coefficient (Wildman–Crippen LogP) is 2.25. The number of amides is 1. The van der Waals surface area contributed by atoms with Crippen LogP contribution in [0.3, 0.4) is 0 Å². The molecule has 20 heavy (non-hydrogen) atoms. The van der Waals surface area contributed by atoms with Crippen LogP contribution in [-0.2, 0) is 0 Å². The van der Waals surface area contributed by atoms with Gasteiger partial charge in [0.2, 0.25) is 0 Å². The van der Waals surface area contributed by atoms with Gasteiger partial charge in [-0.25, -0.2) is 0 Å². The highest BCUT2D eigenvalue weighted by atomic mass is 32.1. The number of hydrogen-bond donors (Lipinski definition) is 1. The number of nitrogens with zero attached hydrogens (tertiary/aromatic N) is 2. The summed E-state index contributed by atoms with van der Waals surface area (Å²) in [5.74, 6) is 0.537. The van der Waals surface area contributed by atoms with E-state index in [1.165, 1.54) is 11.3 Å². The second-order valence-corrected chi connectivity index (χ2v) is 6.42. The molecule has 1 aliphatic heterocycles. The molecule has 6 heteroatoms. The molecule has 0 bridgehead atoms. The van der Waals surface area contributed by atoms with Crippen molar-refractivity contribution >= 4 is 17.2 Å². The Morgan fingerprint density at radius 1 is 1.55 bits per heavy atom. The van der Waals surface area contributed by atoms with Crippen molar-refractivity contribution in [3.8, 4) is 10.6 Å². The van der Waals surface area contributed by atoms with E-state index < -0.39 is 5.60 Å². The highest BCUT2D eigenvalue weighted by molar-refractivity contribution is 7.13. The fourth-order valence-electron chi connectivity index (χ4n) is 2.20. The molecule has 1 aliphatic rings. The van der Waals surface area contributed by atoms with Gasteiger partial charge in [0.05, 0.1) is 18.0 Å². The van der Waals surface area contributed by atoms with Gasteiger partial charge in [0.1, 0.15) is 5.60 Å². The fraction of sp³-hybridized carbons (Fsp3) is 0.429. The molecule has 1 amide bonds. The zero-order valence-corrected chi connectivity index (χ0v) is 12.2. The molecule has 0 spiro atoms. The molecule has 0 unspecified atom stereocenters. The minimum absolute atomic E-state index is 0.130. The molecule has 1 N–H and O–H groups in total. The van der Waals surface area contributed by atoms with Crippen LogP contribution in [0, 0.1) is 5.92 Å². The summed E-state index contributed by atoms with van der Waals surface area (Å²) in [5, 5.41) is 15.9. The molecule has 0 radical (unpaired) electrons. The van der Waals surface area contributed by atoms with E-state index in [0.29, 0.717) is 24.5 Å². The molecule has 2 aromatic rings. The first-order valence-corrected chi connectivity index (χ1v) is 7.40. The van der Waals surface area contributed by atoms with Gasteiger partial charge in [0.15, 0.2) is 11.5 Å². The molecule has 2 aromatic heterocycles. The largest absolute Gasteiger partial charge is 0.386 e. The van der Waals surface area contributed by atoms with Crippen molar-refractivity contribution in [2.45, 2.75) is 19.4 Å². The summed E-state index contributed by atoms with van der Waals surface area (Å²) in [7, 11) is 0. The van der Waals surface area contributed by atoms with Gasteiger partial charge in [0.25, 0.3) is 5.91 Å². The van der Waals surface area contributed by atoms with Crippen LogP contribution in [0.15, 0.2) is 28.1 Å². The lowest BCUT2D eigenvalue weighted by Crippen LogP contribution is -2.66. The molecular weight excluding hydrogens is 276 g/mol. The summed E-state index contributed by atoms with van der Waals surface area (Å²) >= 11 is 1.53. The maximum atomic E-state index is 12.2. The molecule has 1 fully saturated rings. The van der Waals surface area contributed by atoms with E-state index in [4.69, 9.17) is 4.52 Å². The number of β-amino-alcohol motifs (C(OH)–C–C–N with tert-alkyl or cyclic N) is 1. The molecule has 106 valence electrons. The average molecular weight is 292 g/mol. The first-order chi connectivity index (χ1) is 9.49. The Morgan fingerprint density at radius 2 is 2.30 bits per heavy atom. The molecule has 3 heterocycles. The molecule has 0 aromatic carbocycles. The van der Waals surface area contributed by atoms with E-state index in [2.05, 4.69) is 5.16 Å². The van der Waals surface area contributed by atoms with Gasteiger partial charge in [-0.2, -0.15) is 0 Å². The topological polar surface area (TPSA) is 66.6 Å². The lowest BCUT2D eigenvalue weighted by molar-refractivity contribution is -0.111. The highest BCUT2D eigenvalue weighted by Gasteiger charge is 2.46. The average Bonchev–Trinajstić information content (AvgIpc) is 3.03. The number of aliphatic hydroxyl groups is 1. The maximum absolute atomic E-state index is 12.2. The van der Waals surface area contributed by atoms with Crippen LogP contribution in [0.4, 0.5) is 0 Å². The number of aromatic nitrogens is 1. The normalized spacial score (nSPS) is 17.3. The standard InChI is InChI=1S/C14H16N2O3S/c1-9(2)14(18)7-16(8-14)13(17)10-6-11(19-15-10)12-4-3-5-20-12/h3-6,9,18H,7-8H2,1-2H3. The van der Waals surface area contributed by atoms with Crippen LogP contribution in [0.5, 0.6) is 0 Å². The molecule has 0 saturated carbocycles. The van der Waals surface area contributed by atoms with Gasteiger partial charge in [-0.15, -0.1) is 11.3 Å². The highest BCUT2D eigenvalue weighted by Crippen LogP contribution is 2.31. The van der Waals surface area contributed by atoms with Gasteiger partial charge in [-0.3, -0.25) is 4.79 Å². The number of rotatable bonds is 3. The summed E-state index contributed by atoms with van der Waals surface area (Å²) in [4.78, 5) is 14.8. The van der Waals surface area contributed by atoms with Crippen molar-refractivity contribution in [2.75, 3.05) is 13.1 Å². The van der Waals surface area contributed by atoms with Gasteiger partial charge in [-0.05, 0) is 17.4 Å². The van der Waals surface area contributed by atoms with Gasteiger partial charge in [-0.1, -0.05) is 25.1 Å². The summed E-state index contributed by atoms with van der Waals surface area (Å²) in [6.07, 6.45) is 0. The minimum Gasteiger partial charge on any atom is -0.386 e. The van der Waals surface area contributed by atoms with Crippen molar-refractivity contribution in [3.05, 3.63) is 29.3 Å². The van der Waals surface area contributed by atoms with E-state index in [9.17, 15) is 9.90 Å². The number of carbonyl (C=O) groups excluding carboxylic acids is 1. The number of thiophene rings is 1. The summed E-state index contributed by atoms with van der Waals surface area (Å²) < 4.78 is 5.20. The first kappa shape index (κ1) is 13.3. The Balaban J connectivity index is 1.71. The van der Waals surface area contributed by atoms with Crippen LogP contribution in [-0.4, -0.2) is 39.8 Å². The number of hydrogen-bond acceptors (Lipinski definition) is 5. The van der Waals surface area contributed by atoms with E-state index >= 15 is 0 Å². The lowest BCUT2D eigenvalue weighted by atomic mass is 9.83. The monoisotopic (exact) mass is 292 g/mol. The molecule has 0 atom stereocenters. The Labute approximate surface area is 120 Å². The zero-order valence-electron chi connectivity index (χ0n) is 11.4. The van der Waals surface area contributed by atoms with E-state index in [-0.39, 0.29) is 11.8 Å². The molecule has 1 saturated heterocycles. The van der Waals surface area contributed by atoms with Crippen molar-refractivity contribution in [3.63, 3.8) is 0 Å².